The van der Waals surface area contributed by atoms with Crippen LogP contribution >= 0.6 is 0 Å². The third-order valence-corrected chi connectivity index (χ3v) is 2.49. The Bertz CT molecular complexity index is 255. The van der Waals surface area contributed by atoms with Gasteiger partial charge in [-0.25, -0.2) is 0 Å². The van der Waals surface area contributed by atoms with Gasteiger partial charge in [-0.2, -0.15) is 0 Å². The van der Waals surface area contributed by atoms with E-state index in [9.17, 15) is 0 Å². The Morgan fingerprint density at radius 3 is 2.87 bits per heavy atom. The van der Waals surface area contributed by atoms with Crippen molar-refractivity contribution in [2.45, 2.75) is 33.2 Å². The second kappa shape index (κ2) is 5.93. The van der Waals surface area contributed by atoms with Crippen LogP contribution in [0.15, 0.2) is 22.8 Å². The van der Waals surface area contributed by atoms with Crippen molar-refractivity contribution in [1.82, 2.24) is 5.32 Å². The van der Waals surface area contributed by atoms with Crippen LogP contribution in [0.25, 0.3) is 0 Å². The molecule has 2 N–H and O–H groups in total. The lowest BCUT2D eigenvalue weighted by molar-refractivity contribution is 0.235. The van der Waals surface area contributed by atoms with Crippen molar-refractivity contribution in [2.24, 2.45) is 5.41 Å². The Morgan fingerprint density at radius 2 is 2.27 bits per heavy atom. The number of hydrogen-bond donors (Lipinski definition) is 2. The minimum atomic E-state index is 0.231. The summed E-state index contributed by atoms with van der Waals surface area (Å²) in [4.78, 5) is 0. The molecule has 0 unspecified atom stereocenters. The molecule has 0 radical (unpaired) electrons. The third kappa shape index (κ3) is 5.00. The molecule has 0 aliphatic carbocycles. The van der Waals surface area contributed by atoms with Crippen LogP contribution in [0.5, 0.6) is 0 Å². The number of furan rings is 1. The first-order chi connectivity index (χ1) is 7.14. The minimum absolute atomic E-state index is 0.231. The summed E-state index contributed by atoms with van der Waals surface area (Å²) in [6, 6.07) is 3.86. The topological polar surface area (TPSA) is 45.4 Å². The van der Waals surface area contributed by atoms with E-state index >= 15 is 0 Å². The largest absolute Gasteiger partial charge is 0.468 e. The summed E-state index contributed by atoms with van der Waals surface area (Å²) in [5.74, 6) is 0.966. The van der Waals surface area contributed by atoms with E-state index in [1.54, 1.807) is 6.26 Å². The highest BCUT2D eigenvalue weighted by Gasteiger charge is 2.16. The van der Waals surface area contributed by atoms with Crippen molar-refractivity contribution < 1.29 is 9.52 Å². The van der Waals surface area contributed by atoms with Crippen molar-refractivity contribution in [2.75, 3.05) is 13.2 Å². The van der Waals surface area contributed by atoms with E-state index in [1.165, 1.54) is 0 Å². The minimum Gasteiger partial charge on any atom is -0.468 e. The van der Waals surface area contributed by atoms with E-state index < -0.39 is 0 Å². The molecule has 0 aliphatic rings. The van der Waals surface area contributed by atoms with Crippen molar-refractivity contribution in [1.29, 1.82) is 0 Å². The van der Waals surface area contributed by atoms with Crippen LogP contribution in [0.1, 0.15) is 32.4 Å². The molecule has 0 amide bonds. The predicted octanol–water partition coefficient (Wildman–Crippen LogP) is 2.17. The lowest BCUT2D eigenvalue weighted by Crippen LogP contribution is -2.29. The second-order valence-electron chi connectivity index (χ2n) is 4.67. The van der Waals surface area contributed by atoms with Crippen molar-refractivity contribution in [3.8, 4) is 0 Å². The summed E-state index contributed by atoms with van der Waals surface area (Å²) in [6.45, 7) is 6.40. The summed E-state index contributed by atoms with van der Waals surface area (Å²) >= 11 is 0. The van der Waals surface area contributed by atoms with Crippen molar-refractivity contribution >= 4 is 0 Å². The first-order valence-electron chi connectivity index (χ1n) is 5.48. The van der Waals surface area contributed by atoms with Gasteiger partial charge < -0.3 is 14.8 Å². The molecule has 0 saturated heterocycles. The Hall–Kier alpha value is -0.800. The standard InChI is InChI=1S/C12H21NO2/c1-12(2,6-4-7-14)10-13-9-11-5-3-8-15-11/h3,5,8,13-14H,4,6-7,9-10H2,1-2H3. The third-order valence-electron chi connectivity index (χ3n) is 2.49. The highest BCUT2D eigenvalue weighted by molar-refractivity contribution is 4.97. The first kappa shape index (κ1) is 12.3. The molecular weight excluding hydrogens is 190 g/mol. The molecule has 86 valence electrons. The molecule has 0 fully saturated rings. The summed E-state index contributed by atoms with van der Waals surface area (Å²) < 4.78 is 5.23. The Labute approximate surface area is 91.5 Å². The molecule has 1 aromatic rings. The van der Waals surface area contributed by atoms with Gasteiger partial charge in [0.15, 0.2) is 0 Å². The van der Waals surface area contributed by atoms with E-state index in [0.717, 1.165) is 31.7 Å². The van der Waals surface area contributed by atoms with Crippen LogP contribution in [-0.4, -0.2) is 18.3 Å². The summed E-state index contributed by atoms with van der Waals surface area (Å²) in [5, 5.41) is 12.1. The molecule has 1 heterocycles. The van der Waals surface area contributed by atoms with E-state index in [1.807, 2.05) is 12.1 Å². The SMILES string of the molecule is CC(C)(CCCO)CNCc1ccco1. The maximum atomic E-state index is 8.77. The van der Waals surface area contributed by atoms with E-state index in [4.69, 9.17) is 9.52 Å². The van der Waals surface area contributed by atoms with Gasteiger partial charge in [0.2, 0.25) is 0 Å². The van der Waals surface area contributed by atoms with E-state index in [-0.39, 0.29) is 12.0 Å². The molecule has 0 aromatic carbocycles. The zero-order valence-corrected chi connectivity index (χ0v) is 9.62. The summed E-state index contributed by atoms with van der Waals surface area (Å²) in [7, 11) is 0. The maximum absolute atomic E-state index is 8.77. The first-order valence-corrected chi connectivity index (χ1v) is 5.48. The monoisotopic (exact) mass is 211 g/mol. The van der Waals surface area contributed by atoms with Crippen LogP contribution in [0, 0.1) is 5.41 Å². The number of hydrogen-bond acceptors (Lipinski definition) is 3. The molecule has 0 bridgehead atoms. The van der Waals surface area contributed by atoms with Gasteiger partial charge in [0.05, 0.1) is 12.8 Å². The highest BCUT2D eigenvalue weighted by Crippen LogP contribution is 2.20. The molecule has 0 saturated carbocycles. The molecule has 1 aromatic heterocycles. The second-order valence-corrected chi connectivity index (χ2v) is 4.67. The van der Waals surface area contributed by atoms with Gasteiger partial charge in [0, 0.05) is 13.2 Å². The Kier molecular flexibility index (Phi) is 4.85. The van der Waals surface area contributed by atoms with E-state index in [0.29, 0.717) is 0 Å². The number of aliphatic hydroxyl groups excluding tert-OH is 1. The smallest absolute Gasteiger partial charge is 0.117 e. The molecule has 0 aliphatic heterocycles. The van der Waals surface area contributed by atoms with Gasteiger partial charge in [-0.1, -0.05) is 13.8 Å². The molecule has 1 rings (SSSR count). The Morgan fingerprint density at radius 1 is 1.47 bits per heavy atom. The molecule has 0 spiro atoms. The zero-order chi connectivity index (χ0) is 11.1. The summed E-state index contributed by atoms with van der Waals surface area (Å²) in [5.41, 5.74) is 0.231. The van der Waals surface area contributed by atoms with Gasteiger partial charge in [-0.3, -0.25) is 0 Å². The molecule has 3 heteroatoms. The average Bonchev–Trinajstić information content (AvgIpc) is 2.67. The van der Waals surface area contributed by atoms with Gasteiger partial charge >= 0.3 is 0 Å². The normalized spacial score (nSPS) is 11.9. The number of aliphatic hydroxyl groups is 1. The van der Waals surface area contributed by atoms with Gasteiger partial charge in [0.25, 0.3) is 0 Å². The molecule has 3 nitrogen and oxygen atoms in total. The molecular formula is C12H21NO2. The van der Waals surface area contributed by atoms with Crippen molar-refractivity contribution in [3.63, 3.8) is 0 Å². The lowest BCUT2D eigenvalue weighted by atomic mass is 9.88. The molecule has 15 heavy (non-hydrogen) atoms. The zero-order valence-electron chi connectivity index (χ0n) is 9.62. The van der Waals surface area contributed by atoms with Crippen LogP contribution in [0.2, 0.25) is 0 Å². The summed E-state index contributed by atoms with van der Waals surface area (Å²) in [6.07, 6.45) is 3.60. The molecule has 0 atom stereocenters. The quantitative estimate of drug-likeness (QED) is 0.726. The number of rotatable bonds is 7. The predicted molar refractivity (Wildman–Crippen MR) is 60.5 cm³/mol. The fourth-order valence-corrected chi connectivity index (χ4v) is 1.58. The van der Waals surface area contributed by atoms with Crippen LogP contribution in [0.3, 0.4) is 0 Å². The Balaban J connectivity index is 2.18. The van der Waals surface area contributed by atoms with Crippen LogP contribution in [-0.2, 0) is 6.54 Å². The number of nitrogens with one attached hydrogen (secondary N) is 1. The fraction of sp³-hybridized carbons (Fsp3) is 0.667. The van der Waals surface area contributed by atoms with Gasteiger partial charge in [-0.05, 0) is 30.4 Å². The van der Waals surface area contributed by atoms with Crippen LogP contribution < -0.4 is 5.32 Å². The van der Waals surface area contributed by atoms with E-state index in [2.05, 4.69) is 19.2 Å². The maximum Gasteiger partial charge on any atom is 0.117 e. The fourth-order valence-electron chi connectivity index (χ4n) is 1.58. The lowest BCUT2D eigenvalue weighted by Gasteiger charge is -2.24. The average molecular weight is 211 g/mol. The van der Waals surface area contributed by atoms with Gasteiger partial charge in [0.1, 0.15) is 5.76 Å². The van der Waals surface area contributed by atoms with Gasteiger partial charge in [-0.15, -0.1) is 0 Å². The van der Waals surface area contributed by atoms with Crippen molar-refractivity contribution in [3.05, 3.63) is 24.2 Å². The highest BCUT2D eigenvalue weighted by atomic mass is 16.3. The van der Waals surface area contributed by atoms with Crippen LogP contribution in [0.4, 0.5) is 0 Å².